The van der Waals surface area contributed by atoms with Crippen LogP contribution in [0.5, 0.6) is 0 Å². The van der Waals surface area contributed by atoms with Crippen LogP contribution in [-0.2, 0) is 14.6 Å². The molecule has 3 N–H and O–H groups in total. The Kier molecular flexibility index (Phi) is 4.78. The molecule has 1 aliphatic carbocycles. The Labute approximate surface area is 129 Å². The summed E-state index contributed by atoms with van der Waals surface area (Å²) in [6, 6.07) is 4.25. The van der Waals surface area contributed by atoms with Gasteiger partial charge in [-0.2, -0.15) is 0 Å². The highest BCUT2D eigenvalue weighted by Gasteiger charge is 2.32. The molecule has 0 spiro atoms. The number of carbonyl (C=O) groups excluding carboxylic acids is 1. The van der Waals surface area contributed by atoms with Crippen molar-refractivity contribution in [2.45, 2.75) is 48.8 Å². The van der Waals surface area contributed by atoms with Crippen LogP contribution in [0.4, 0.5) is 5.69 Å². The third kappa shape index (κ3) is 3.49. The Balaban J connectivity index is 2.19. The molecule has 0 radical (unpaired) electrons. The number of rotatable bonds is 4. The first-order valence-electron chi connectivity index (χ1n) is 6.91. The van der Waals surface area contributed by atoms with Gasteiger partial charge in [0.1, 0.15) is 5.25 Å². The molecule has 1 aromatic carbocycles. The molecule has 1 fully saturated rings. The Morgan fingerprint density at radius 3 is 2.57 bits per heavy atom. The number of nitrogens with one attached hydrogen (secondary N) is 1. The number of benzene rings is 1. The van der Waals surface area contributed by atoms with Gasteiger partial charge in [0, 0.05) is 11.7 Å². The zero-order valence-corrected chi connectivity index (χ0v) is 13.4. The van der Waals surface area contributed by atoms with Gasteiger partial charge in [0.25, 0.3) is 0 Å². The number of halogens is 1. The Morgan fingerprint density at radius 1 is 1.38 bits per heavy atom. The van der Waals surface area contributed by atoms with Gasteiger partial charge in [0.15, 0.2) is 9.84 Å². The Hall–Kier alpha value is -1.27. The summed E-state index contributed by atoms with van der Waals surface area (Å²) in [7, 11) is -3.83. The second kappa shape index (κ2) is 6.23. The summed E-state index contributed by atoms with van der Waals surface area (Å²) in [4.78, 5) is 12.1. The van der Waals surface area contributed by atoms with Gasteiger partial charge in [0.2, 0.25) is 5.91 Å². The lowest BCUT2D eigenvalue weighted by Gasteiger charge is -2.17. The minimum atomic E-state index is -3.83. The van der Waals surface area contributed by atoms with Crippen LogP contribution in [0.1, 0.15) is 32.6 Å². The van der Waals surface area contributed by atoms with Crippen molar-refractivity contribution in [1.29, 1.82) is 0 Å². The molecule has 2 rings (SSSR count). The maximum absolute atomic E-state index is 12.5. The molecule has 0 aromatic heterocycles. The van der Waals surface area contributed by atoms with Gasteiger partial charge in [0.05, 0.1) is 9.92 Å². The number of carbonyl (C=O) groups is 1. The van der Waals surface area contributed by atoms with Crippen LogP contribution in [0.2, 0.25) is 5.02 Å². The van der Waals surface area contributed by atoms with E-state index in [2.05, 4.69) is 5.32 Å². The fraction of sp³-hybridized carbons (Fsp3) is 0.500. The van der Waals surface area contributed by atoms with Gasteiger partial charge in [-0.25, -0.2) is 8.42 Å². The molecule has 116 valence electrons. The molecule has 0 bridgehead atoms. The second-order valence-electron chi connectivity index (χ2n) is 5.37. The van der Waals surface area contributed by atoms with Gasteiger partial charge in [-0.15, -0.1) is 0 Å². The largest absolute Gasteiger partial charge is 0.399 e. The fourth-order valence-corrected chi connectivity index (χ4v) is 4.30. The number of hydrogen-bond donors (Lipinski definition) is 2. The van der Waals surface area contributed by atoms with Crippen molar-refractivity contribution >= 4 is 33.0 Å². The average Bonchev–Trinajstić information content (AvgIpc) is 2.90. The molecule has 0 saturated heterocycles. The standard InChI is InChI=1S/C14H19ClN2O3S/c1-9(14(18)17-11-4-2-3-5-11)21(19,20)13-7-6-10(16)8-12(13)15/h6-9,11H,2-5,16H2,1H3,(H,17,18). The summed E-state index contributed by atoms with van der Waals surface area (Å²) in [5.74, 6) is -0.477. The SMILES string of the molecule is CC(C(=O)NC1CCCC1)S(=O)(=O)c1ccc(N)cc1Cl. The highest BCUT2D eigenvalue weighted by Crippen LogP contribution is 2.27. The lowest BCUT2D eigenvalue weighted by Crippen LogP contribution is -2.42. The molecule has 0 heterocycles. The van der Waals surface area contributed by atoms with Crippen LogP contribution < -0.4 is 11.1 Å². The average molecular weight is 331 g/mol. The van der Waals surface area contributed by atoms with Crippen LogP contribution in [0.3, 0.4) is 0 Å². The van der Waals surface area contributed by atoms with Crippen molar-refractivity contribution in [1.82, 2.24) is 5.32 Å². The third-order valence-corrected chi connectivity index (χ3v) is 6.34. The van der Waals surface area contributed by atoms with E-state index in [1.807, 2.05) is 0 Å². The van der Waals surface area contributed by atoms with Gasteiger partial charge in [-0.3, -0.25) is 4.79 Å². The molecule has 7 heteroatoms. The number of nitrogens with two attached hydrogens (primary N) is 1. The summed E-state index contributed by atoms with van der Waals surface area (Å²) in [6.07, 6.45) is 3.94. The van der Waals surface area contributed by atoms with Crippen LogP contribution in [0.15, 0.2) is 23.1 Å². The van der Waals surface area contributed by atoms with Crippen molar-refractivity contribution in [3.63, 3.8) is 0 Å². The smallest absolute Gasteiger partial charge is 0.238 e. The van der Waals surface area contributed by atoms with Crippen LogP contribution in [-0.4, -0.2) is 25.6 Å². The van der Waals surface area contributed by atoms with Crippen molar-refractivity contribution in [2.75, 3.05) is 5.73 Å². The first kappa shape index (κ1) is 16.1. The van der Waals surface area contributed by atoms with E-state index in [9.17, 15) is 13.2 Å². The summed E-state index contributed by atoms with van der Waals surface area (Å²) < 4.78 is 25.0. The molecule has 1 saturated carbocycles. The number of amides is 1. The van der Waals surface area contributed by atoms with E-state index in [4.69, 9.17) is 17.3 Å². The zero-order chi connectivity index (χ0) is 15.6. The van der Waals surface area contributed by atoms with E-state index in [1.165, 1.54) is 25.1 Å². The number of nitrogen functional groups attached to an aromatic ring is 1. The molecular formula is C14H19ClN2O3S. The first-order valence-corrected chi connectivity index (χ1v) is 8.84. The van der Waals surface area contributed by atoms with Crippen molar-refractivity contribution < 1.29 is 13.2 Å². The predicted molar refractivity (Wildman–Crippen MR) is 82.9 cm³/mol. The normalized spacial score (nSPS) is 17.6. The molecule has 1 amide bonds. The third-order valence-electron chi connectivity index (χ3n) is 3.80. The van der Waals surface area contributed by atoms with E-state index in [0.717, 1.165) is 25.7 Å². The lowest BCUT2D eigenvalue weighted by molar-refractivity contribution is -0.121. The van der Waals surface area contributed by atoms with Crippen LogP contribution >= 0.6 is 11.6 Å². The Bertz CT molecular complexity index is 640. The lowest BCUT2D eigenvalue weighted by atomic mass is 10.2. The first-order chi connectivity index (χ1) is 9.82. The number of anilines is 1. The molecule has 1 unspecified atom stereocenters. The second-order valence-corrected chi connectivity index (χ2v) is 8.01. The van der Waals surface area contributed by atoms with Gasteiger partial charge in [-0.1, -0.05) is 24.4 Å². The van der Waals surface area contributed by atoms with E-state index in [1.54, 1.807) is 0 Å². The molecule has 1 aromatic rings. The van der Waals surface area contributed by atoms with Gasteiger partial charge in [-0.05, 0) is 38.0 Å². The van der Waals surface area contributed by atoms with Crippen LogP contribution in [0.25, 0.3) is 0 Å². The molecule has 1 atom stereocenters. The highest BCUT2D eigenvalue weighted by molar-refractivity contribution is 7.92. The van der Waals surface area contributed by atoms with Gasteiger partial charge >= 0.3 is 0 Å². The van der Waals surface area contributed by atoms with Crippen molar-refractivity contribution in [2.24, 2.45) is 0 Å². The molecule has 21 heavy (non-hydrogen) atoms. The summed E-state index contributed by atoms with van der Waals surface area (Å²) in [6.45, 7) is 1.38. The van der Waals surface area contributed by atoms with E-state index >= 15 is 0 Å². The van der Waals surface area contributed by atoms with Gasteiger partial charge < -0.3 is 11.1 Å². The van der Waals surface area contributed by atoms with E-state index in [-0.39, 0.29) is 16.0 Å². The molecule has 5 nitrogen and oxygen atoms in total. The number of sulfone groups is 1. The quantitative estimate of drug-likeness (QED) is 0.828. The minimum absolute atomic E-state index is 0.0375. The monoisotopic (exact) mass is 330 g/mol. The van der Waals surface area contributed by atoms with E-state index < -0.39 is 21.0 Å². The number of hydrogen-bond acceptors (Lipinski definition) is 4. The van der Waals surface area contributed by atoms with Crippen molar-refractivity contribution in [3.05, 3.63) is 23.2 Å². The van der Waals surface area contributed by atoms with Crippen molar-refractivity contribution in [3.8, 4) is 0 Å². The van der Waals surface area contributed by atoms with E-state index in [0.29, 0.717) is 5.69 Å². The summed E-state index contributed by atoms with van der Waals surface area (Å²) >= 11 is 5.94. The minimum Gasteiger partial charge on any atom is -0.399 e. The Morgan fingerprint density at radius 2 is 2.00 bits per heavy atom. The zero-order valence-electron chi connectivity index (χ0n) is 11.8. The molecule has 0 aliphatic heterocycles. The maximum Gasteiger partial charge on any atom is 0.238 e. The maximum atomic E-state index is 12.5. The highest BCUT2D eigenvalue weighted by atomic mass is 35.5. The molecule has 1 aliphatic rings. The summed E-state index contributed by atoms with van der Waals surface area (Å²) in [5, 5.41) is 1.66. The fourth-order valence-electron chi connectivity index (χ4n) is 2.47. The summed E-state index contributed by atoms with van der Waals surface area (Å²) in [5.41, 5.74) is 5.93. The van der Waals surface area contributed by atoms with Crippen LogP contribution in [0, 0.1) is 0 Å². The topological polar surface area (TPSA) is 89.3 Å². The molecular weight excluding hydrogens is 312 g/mol. The predicted octanol–water partition coefficient (Wildman–Crippen LogP) is 2.14.